The zero-order valence-corrected chi connectivity index (χ0v) is 16.9. The van der Waals surface area contributed by atoms with E-state index in [1.807, 2.05) is 0 Å². The Hall–Kier alpha value is -1.24. The van der Waals surface area contributed by atoms with Crippen molar-refractivity contribution < 1.29 is 14.1 Å². The second kappa shape index (κ2) is 7.41. The number of benzene rings is 1. The van der Waals surface area contributed by atoms with E-state index in [1.165, 1.54) is 28.5 Å². The highest BCUT2D eigenvalue weighted by molar-refractivity contribution is 7.91. The first-order valence-electron chi connectivity index (χ1n) is 9.52. The predicted molar refractivity (Wildman–Crippen MR) is 105 cm³/mol. The van der Waals surface area contributed by atoms with Gasteiger partial charge in [-0.1, -0.05) is 6.07 Å². The highest BCUT2D eigenvalue weighted by Gasteiger charge is 2.25. The molecule has 0 heterocycles. The number of nitrogens with one attached hydrogen (secondary N) is 1. The number of carbonyl (C=O) groups is 1. The summed E-state index contributed by atoms with van der Waals surface area (Å²) in [5, 5.41) is 9.74. The van der Waals surface area contributed by atoms with Crippen molar-refractivity contribution in [1.82, 2.24) is 4.72 Å². The summed E-state index contributed by atoms with van der Waals surface area (Å²) >= 11 is 0. The van der Waals surface area contributed by atoms with E-state index < -0.39 is 15.5 Å². The molecule has 1 amide bonds. The monoisotopic (exact) mass is 378 g/mol. The average Bonchev–Trinajstić information content (AvgIpc) is 3.12. The molecule has 1 unspecified atom stereocenters. The van der Waals surface area contributed by atoms with Crippen LogP contribution in [-0.4, -0.2) is 33.6 Å². The third-order valence-electron chi connectivity index (χ3n) is 5.31. The minimum Gasteiger partial charge on any atom is -0.390 e. The van der Waals surface area contributed by atoms with Crippen molar-refractivity contribution in [3.8, 4) is 0 Å². The van der Waals surface area contributed by atoms with E-state index in [9.17, 15) is 14.1 Å². The molecule has 0 saturated heterocycles. The van der Waals surface area contributed by atoms with Crippen LogP contribution in [0.2, 0.25) is 0 Å². The molecule has 1 aromatic rings. The van der Waals surface area contributed by atoms with Gasteiger partial charge in [0.1, 0.15) is 9.92 Å². The lowest BCUT2D eigenvalue weighted by Crippen LogP contribution is -2.30. The summed E-state index contributed by atoms with van der Waals surface area (Å²) in [4.78, 5) is 12.6. The van der Waals surface area contributed by atoms with Crippen LogP contribution in [0.15, 0.2) is 10.4 Å². The quantitative estimate of drug-likeness (QED) is 0.798. The normalized spacial score (nSPS) is 18.3. The molecule has 2 aliphatic rings. The molecule has 3 rings (SSSR count). The number of nitrogens with zero attached hydrogens (tertiary/aromatic N) is 1. The summed E-state index contributed by atoms with van der Waals surface area (Å²) in [6.45, 7) is 3.75. The van der Waals surface area contributed by atoms with Crippen LogP contribution in [0.3, 0.4) is 0 Å². The largest absolute Gasteiger partial charge is 0.390 e. The van der Waals surface area contributed by atoms with Crippen molar-refractivity contribution in [3.63, 3.8) is 0 Å². The van der Waals surface area contributed by atoms with Gasteiger partial charge in [0, 0.05) is 12.8 Å². The number of carbonyl (C=O) groups excluding carboxylic acids is 1. The van der Waals surface area contributed by atoms with Gasteiger partial charge in [0.25, 0.3) is 5.91 Å². The molecule has 26 heavy (non-hydrogen) atoms. The molecule has 0 bridgehead atoms. The Balaban J connectivity index is 1.75. The second-order valence-electron chi connectivity index (χ2n) is 8.26. The summed E-state index contributed by atoms with van der Waals surface area (Å²) in [5.41, 5.74) is 5.80. The fourth-order valence-corrected chi connectivity index (χ4v) is 5.10. The lowest BCUT2D eigenvalue weighted by molar-refractivity contribution is -0.117. The van der Waals surface area contributed by atoms with Gasteiger partial charge in [0.2, 0.25) is 0 Å². The van der Waals surface area contributed by atoms with Crippen molar-refractivity contribution in [2.45, 2.75) is 70.8 Å². The van der Waals surface area contributed by atoms with Crippen molar-refractivity contribution in [2.75, 3.05) is 12.8 Å². The number of hydrogen-bond acceptors (Lipinski definition) is 3. The number of rotatable bonds is 6. The summed E-state index contributed by atoms with van der Waals surface area (Å²) < 4.78 is 19.3. The number of aryl methyl sites for hydroxylation is 2. The third-order valence-corrected chi connectivity index (χ3v) is 6.60. The molecule has 0 aromatic heterocycles. The van der Waals surface area contributed by atoms with Crippen LogP contribution in [0.1, 0.15) is 60.9 Å². The summed E-state index contributed by atoms with van der Waals surface area (Å²) in [6.07, 6.45) is 8.74. The summed E-state index contributed by atoms with van der Waals surface area (Å²) in [5.74, 6) is -0.317. The standard InChI is InChI=1S/C20H30N2O3S/c1-20(2,24)10-11-21-26(3,25)22-19(23)13-18-16-8-4-6-14(16)12-15-7-5-9-17(15)18/h12,24H,4-11,13H2,1-3H3,(H,21,22,23,25). The van der Waals surface area contributed by atoms with Crippen LogP contribution >= 0.6 is 0 Å². The maximum Gasteiger partial charge on any atom is 0.259 e. The number of aliphatic hydroxyl groups is 1. The molecule has 0 radical (unpaired) electrons. The zero-order valence-electron chi connectivity index (χ0n) is 16.1. The van der Waals surface area contributed by atoms with E-state index in [-0.39, 0.29) is 12.3 Å². The lowest BCUT2D eigenvalue weighted by atomic mass is 9.92. The first-order chi connectivity index (χ1) is 12.1. The van der Waals surface area contributed by atoms with Gasteiger partial charge >= 0.3 is 0 Å². The van der Waals surface area contributed by atoms with Gasteiger partial charge in [0.05, 0.1) is 12.0 Å². The molecule has 0 saturated carbocycles. The van der Waals surface area contributed by atoms with Gasteiger partial charge < -0.3 is 5.11 Å². The van der Waals surface area contributed by atoms with E-state index in [1.54, 1.807) is 13.8 Å². The number of hydrogen-bond donors (Lipinski definition) is 2. The zero-order chi connectivity index (χ0) is 18.9. The molecule has 0 fully saturated rings. The Morgan fingerprint density at radius 3 is 2.31 bits per heavy atom. The van der Waals surface area contributed by atoms with Crippen molar-refractivity contribution in [2.24, 2.45) is 4.36 Å². The summed E-state index contributed by atoms with van der Waals surface area (Å²) in [7, 11) is -2.79. The van der Waals surface area contributed by atoms with E-state index >= 15 is 0 Å². The SMILES string of the molecule is CC(C)(O)CCNS(C)(=O)=NC(=O)Cc1c2c(cc3c1CCC3)CCC2. The maximum absolute atomic E-state index is 12.6. The van der Waals surface area contributed by atoms with E-state index in [2.05, 4.69) is 15.2 Å². The van der Waals surface area contributed by atoms with E-state index in [0.717, 1.165) is 44.1 Å². The van der Waals surface area contributed by atoms with Gasteiger partial charge in [-0.05, 0) is 86.6 Å². The molecule has 6 heteroatoms. The Kier molecular flexibility index (Phi) is 5.56. The van der Waals surface area contributed by atoms with Crippen LogP contribution in [-0.2, 0) is 46.8 Å². The molecule has 2 aliphatic carbocycles. The molecule has 2 N–H and O–H groups in total. The second-order valence-corrected chi connectivity index (χ2v) is 10.3. The average molecular weight is 379 g/mol. The number of amides is 1. The molecular formula is C20H30N2O3S. The van der Waals surface area contributed by atoms with Crippen LogP contribution < -0.4 is 4.72 Å². The third kappa shape index (κ3) is 4.72. The number of fused-ring (bicyclic) bond motifs is 2. The first-order valence-corrected chi connectivity index (χ1v) is 11.4. The molecule has 1 aromatic carbocycles. The van der Waals surface area contributed by atoms with Gasteiger partial charge in [-0.15, -0.1) is 4.36 Å². The molecule has 0 spiro atoms. The molecule has 0 aliphatic heterocycles. The van der Waals surface area contributed by atoms with Crippen LogP contribution in [0, 0.1) is 0 Å². The lowest BCUT2D eigenvalue weighted by Gasteiger charge is -2.17. The fraction of sp³-hybridized carbons (Fsp3) is 0.650. The van der Waals surface area contributed by atoms with Crippen molar-refractivity contribution in [1.29, 1.82) is 0 Å². The van der Waals surface area contributed by atoms with Crippen LogP contribution in [0.25, 0.3) is 0 Å². The molecular weight excluding hydrogens is 348 g/mol. The summed E-state index contributed by atoms with van der Waals surface area (Å²) in [6, 6.07) is 2.34. The smallest absolute Gasteiger partial charge is 0.259 e. The Labute approximate surface area is 156 Å². The topological polar surface area (TPSA) is 78.8 Å². The first kappa shape index (κ1) is 19.5. The maximum atomic E-state index is 12.6. The van der Waals surface area contributed by atoms with Crippen molar-refractivity contribution in [3.05, 3.63) is 33.9 Å². The highest BCUT2D eigenvalue weighted by atomic mass is 32.2. The van der Waals surface area contributed by atoms with Crippen LogP contribution in [0.5, 0.6) is 0 Å². The molecule has 1 atom stereocenters. The van der Waals surface area contributed by atoms with Gasteiger partial charge in [-0.25, -0.2) is 8.93 Å². The van der Waals surface area contributed by atoms with E-state index in [0.29, 0.717) is 13.0 Å². The Morgan fingerprint density at radius 2 is 1.77 bits per heavy atom. The van der Waals surface area contributed by atoms with Gasteiger partial charge in [-0.3, -0.25) is 4.79 Å². The van der Waals surface area contributed by atoms with E-state index in [4.69, 9.17) is 0 Å². The minimum absolute atomic E-state index is 0.253. The molecule has 144 valence electrons. The highest BCUT2D eigenvalue weighted by Crippen LogP contribution is 2.35. The van der Waals surface area contributed by atoms with Crippen LogP contribution in [0.4, 0.5) is 0 Å². The fourth-order valence-electron chi connectivity index (χ4n) is 4.10. The molecule has 5 nitrogen and oxygen atoms in total. The predicted octanol–water partition coefficient (Wildman–Crippen LogP) is 2.50. The Bertz CT molecular complexity index is 798. The van der Waals surface area contributed by atoms with Crippen molar-refractivity contribution >= 4 is 15.8 Å². The van der Waals surface area contributed by atoms with Gasteiger partial charge in [0.15, 0.2) is 0 Å². The Morgan fingerprint density at radius 1 is 1.19 bits per heavy atom. The minimum atomic E-state index is -2.79. The van der Waals surface area contributed by atoms with Gasteiger partial charge in [-0.2, -0.15) is 0 Å².